The summed E-state index contributed by atoms with van der Waals surface area (Å²) >= 11 is 0. The number of ether oxygens (including phenoxy) is 3. The van der Waals surface area contributed by atoms with E-state index in [9.17, 15) is 60.3 Å². The molecular formula is C18H21BO18. The Balaban J connectivity index is 2.02. The van der Waals surface area contributed by atoms with Crippen LogP contribution in [-0.2, 0) is 42.6 Å². The zero-order valence-electron chi connectivity index (χ0n) is 18.4. The molecule has 3 rings (SSSR count). The molecule has 0 aromatic heterocycles. The van der Waals surface area contributed by atoms with E-state index in [0.29, 0.717) is 0 Å². The molecule has 0 bridgehead atoms. The monoisotopic (exact) mass is 536 g/mol. The van der Waals surface area contributed by atoms with Gasteiger partial charge in [0.25, 0.3) is 0 Å². The van der Waals surface area contributed by atoms with E-state index in [0.717, 1.165) is 0 Å². The highest BCUT2D eigenvalue weighted by atomic mass is 16.8. The van der Waals surface area contributed by atoms with Gasteiger partial charge in [-0.1, -0.05) is 0 Å². The molecule has 6 atom stereocenters. The fourth-order valence-electron chi connectivity index (χ4n) is 3.18. The summed E-state index contributed by atoms with van der Waals surface area (Å²) in [6.45, 7) is -3.03. The molecule has 3 heterocycles. The number of carbonyl (C=O) groups excluding carboxylic acids is 3. The van der Waals surface area contributed by atoms with Gasteiger partial charge in [0, 0.05) is 0 Å². The summed E-state index contributed by atoms with van der Waals surface area (Å²) in [4.78, 5) is 35.4. The van der Waals surface area contributed by atoms with Gasteiger partial charge in [-0.05, 0) is 0 Å². The van der Waals surface area contributed by atoms with E-state index in [4.69, 9.17) is 14.0 Å². The molecule has 0 aromatic rings. The van der Waals surface area contributed by atoms with Crippen LogP contribution in [0.25, 0.3) is 0 Å². The summed E-state index contributed by atoms with van der Waals surface area (Å²) in [5, 5.41) is 87.4. The van der Waals surface area contributed by atoms with E-state index in [-0.39, 0.29) is 0 Å². The summed E-state index contributed by atoms with van der Waals surface area (Å²) in [6, 6.07) is 0. The lowest BCUT2D eigenvalue weighted by atomic mass is 10.1. The molecule has 19 heteroatoms. The Morgan fingerprint density at radius 3 is 1.05 bits per heavy atom. The Hall–Kier alpha value is -3.75. The van der Waals surface area contributed by atoms with Gasteiger partial charge in [0.15, 0.2) is 35.6 Å². The van der Waals surface area contributed by atoms with Crippen LogP contribution in [0, 0.1) is 0 Å². The Labute approximate surface area is 205 Å². The predicted molar refractivity (Wildman–Crippen MR) is 107 cm³/mol. The molecule has 204 valence electrons. The van der Waals surface area contributed by atoms with Crippen molar-refractivity contribution in [2.45, 2.75) is 36.6 Å². The van der Waals surface area contributed by atoms with Crippen molar-refractivity contribution in [3.8, 4) is 0 Å². The number of hydrogen-bond acceptors (Lipinski definition) is 18. The average Bonchev–Trinajstić information content (AvgIpc) is 3.44. The van der Waals surface area contributed by atoms with Gasteiger partial charge in [-0.2, -0.15) is 0 Å². The first-order chi connectivity index (χ1) is 17.4. The molecule has 0 spiro atoms. The fourth-order valence-corrected chi connectivity index (χ4v) is 3.18. The molecule has 0 amide bonds. The minimum atomic E-state index is -2.49. The molecule has 0 saturated heterocycles. The van der Waals surface area contributed by atoms with Crippen LogP contribution in [0.2, 0.25) is 0 Å². The third kappa shape index (κ3) is 5.35. The number of aliphatic hydroxyl groups is 9. The van der Waals surface area contributed by atoms with Crippen molar-refractivity contribution in [2.75, 3.05) is 19.8 Å². The molecule has 0 aromatic carbocycles. The largest absolute Gasteiger partial charge is 0.864 e. The summed E-state index contributed by atoms with van der Waals surface area (Å²) in [5.74, 6) is -10.9. The number of aliphatic hydroxyl groups excluding tert-OH is 9. The third-order valence-corrected chi connectivity index (χ3v) is 5.04. The number of esters is 3. The first-order valence-electron chi connectivity index (χ1n) is 10.2. The lowest BCUT2D eigenvalue weighted by Crippen LogP contribution is -2.40. The second-order valence-corrected chi connectivity index (χ2v) is 7.51. The second-order valence-electron chi connectivity index (χ2n) is 7.51. The van der Waals surface area contributed by atoms with Gasteiger partial charge in [0.05, 0.1) is 19.8 Å². The quantitative estimate of drug-likeness (QED) is 0.0642. The van der Waals surface area contributed by atoms with Gasteiger partial charge in [-0.3, -0.25) is 0 Å². The molecule has 9 N–H and O–H groups in total. The van der Waals surface area contributed by atoms with Crippen LogP contribution in [0.4, 0.5) is 0 Å². The summed E-state index contributed by atoms with van der Waals surface area (Å²) in [7, 11) is -2.49. The van der Waals surface area contributed by atoms with Gasteiger partial charge < -0.3 is 74.1 Å². The first kappa shape index (κ1) is 27.8. The van der Waals surface area contributed by atoms with Crippen LogP contribution < -0.4 is 0 Å². The van der Waals surface area contributed by atoms with Gasteiger partial charge >= 0.3 is 25.2 Å². The summed E-state index contributed by atoms with van der Waals surface area (Å²) < 4.78 is 29.6. The van der Waals surface area contributed by atoms with Gasteiger partial charge in [0.1, 0.15) is 18.3 Å². The average molecular weight is 536 g/mol. The smallest absolute Gasteiger partial charge is 0.499 e. The topological polar surface area (TPSA) is 289 Å². The van der Waals surface area contributed by atoms with E-state index in [1.165, 1.54) is 0 Å². The molecule has 0 saturated carbocycles. The van der Waals surface area contributed by atoms with Crippen LogP contribution in [-0.4, -0.2) is 128 Å². The maximum atomic E-state index is 11.8. The van der Waals surface area contributed by atoms with Crippen molar-refractivity contribution >= 4 is 25.2 Å². The Morgan fingerprint density at radius 2 is 0.838 bits per heavy atom. The van der Waals surface area contributed by atoms with Crippen molar-refractivity contribution < 1.29 is 88.5 Å². The zero-order chi connectivity index (χ0) is 27.6. The number of carbonyl (C=O) groups is 3. The first-order valence-corrected chi connectivity index (χ1v) is 10.2. The van der Waals surface area contributed by atoms with Crippen molar-refractivity contribution in [3.05, 3.63) is 34.6 Å². The minimum Gasteiger partial charge on any atom is -0.499 e. The molecule has 3 aliphatic rings. The second kappa shape index (κ2) is 11.1. The Morgan fingerprint density at radius 1 is 0.595 bits per heavy atom. The zero-order valence-corrected chi connectivity index (χ0v) is 18.4. The standard InChI is InChI=1S/C18H21BO18/c20-1-4(23)10-13(7(26)16(29)32-10)35-19(36-14-8(27)17(30)33-11(14)5(24)2-21)37-15-9(28)18(31)34-12(15)6(25)3-22/h4-6,10-12,20-28H,1-3H2/t4-,5-,6-,10+,11+,12+/m0/s1. The minimum absolute atomic E-state index is 0.939. The van der Waals surface area contributed by atoms with Crippen molar-refractivity contribution in [2.24, 2.45) is 0 Å². The SMILES string of the molecule is O=C1O[C@H]([C@@H](O)CO)C(OB(OC2=C(O)C(=O)O[C@@H]2[C@@H](O)CO)OC2=C(O)C(=O)O[C@@H]2[C@@H](O)CO)=C1O. The molecule has 18 nitrogen and oxygen atoms in total. The van der Waals surface area contributed by atoms with Gasteiger partial charge in [-0.15, -0.1) is 0 Å². The maximum absolute atomic E-state index is 11.8. The fraction of sp³-hybridized carbons (Fsp3) is 0.500. The summed E-state index contributed by atoms with van der Waals surface area (Å²) in [5.41, 5.74) is 0. The van der Waals surface area contributed by atoms with E-state index >= 15 is 0 Å². The highest BCUT2D eigenvalue weighted by Gasteiger charge is 2.51. The normalized spacial score (nSPS) is 26.1. The Bertz CT molecular complexity index is 905. The van der Waals surface area contributed by atoms with Crippen LogP contribution in [0.15, 0.2) is 34.6 Å². The molecular weight excluding hydrogens is 515 g/mol. The molecule has 0 radical (unpaired) electrons. The number of hydrogen-bond donors (Lipinski definition) is 9. The van der Waals surface area contributed by atoms with Crippen LogP contribution in [0.5, 0.6) is 0 Å². The molecule has 3 aliphatic heterocycles. The molecule has 0 unspecified atom stereocenters. The van der Waals surface area contributed by atoms with E-state index in [1.54, 1.807) is 0 Å². The highest BCUT2D eigenvalue weighted by Crippen LogP contribution is 2.32. The van der Waals surface area contributed by atoms with Crippen molar-refractivity contribution in [1.29, 1.82) is 0 Å². The summed E-state index contributed by atoms with van der Waals surface area (Å²) in [6.07, 6.45) is -11.2. The van der Waals surface area contributed by atoms with E-state index in [1.807, 2.05) is 0 Å². The van der Waals surface area contributed by atoms with Crippen molar-refractivity contribution in [3.63, 3.8) is 0 Å². The maximum Gasteiger partial charge on any atom is 0.864 e. The van der Waals surface area contributed by atoms with Crippen LogP contribution in [0.1, 0.15) is 0 Å². The van der Waals surface area contributed by atoms with Gasteiger partial charge in [-0.25, -0.2) is 14.4 Å². The predicted octanol–water partition coefficient (Wildman–Crippen LogP) is -4.83. The Kier molecular flexibility index (Phi) is 8.36. The lowest BCUT2D eigenvalue weighted by molar-refractivity contribution is -0.148. The molecule has 0 aliphatic carbocycles. The van der Waals surface area contributed by atoms with Crippen LogP contribution >= 0.6 is 0 Å². The van der Waals surface area contributed by atoms with Crippen molar-refractivity contribution in [1.82, 2.24) is 0 Å². The third-order valence-electron chi connectivity index (χ3n) is 5.04. The van der Waals surface area contributed by atoms with Gasteiger partial charge in [0.2, 0.25) is 17.3 Å². The van der Waals surface area contributed by atoms with Crippen LogP contribution in [0.3, 0.4) is 0 Å². The molecule has 37 heavy (non-hydrogen) atoms. The van der Waals surface area contributed by atoms with E-state index in [2.05, 4.69) is 14.2 Å². The highest BCUT2D eigenvalue weighted by molar-refractivity contribution is 6.38. The number of cyclic esters (lactones) is 3. The number of rotatable bonds is 12. The molecule has 0 fully saturated rings. The lowest BCUT2D eigenvalue weighted by Gasteiger charge is -2.25. The van der Waals surface area contributed by atoms with E-state index < -0.39 is 116 Å².